The number of aliphatic carboxylic acids is 1. The largest absolute Gasteiger partial charge is 0.507 e. The number of amides is 1. The van der Waals surface area contributed by atoms with E-state index in [-0.39, 0.29) is 24.3 Å². The number of phenols is 1. The van der Waals surface area contributed by atoms with Gasteiger partial charge in [0.05, 0.1) is 5.56 Å². The van der Waals surface area contributed by atoms with Crippen LogP contribution in [0.2, 0.25) is 0 Å². The Hall–Kier alpha value is -3.35. The van der Waals surface area contributed by atoms with Crippen LogP contribution < -0.4 is 5.32 Å². The maximum atomic E-state index is 11.8. The smallest absolute Gasteiger partial charge is 0.408 e. The highest BCUT2D eigenvalue weighted by molar-refractivity contribution is 5.81. The van der Waals surface area contributed by atoms with Gasteiger partial charge in [-0.2, -0.15) is 0 Å². The van der Waals surface area contributed by atoms with E-state index in [0.29, 0.717) is 11.8 Å². The van der Waals surface area contributed by atoms with Crippen molar-refractivity contribution in [1.82, 2.24) is 5.32 Å². The number of aldehydes is 1. The van der Waals surface area contributed by atoms with Crippen LogP contribution in [0.4, 0.5) is 4.79 Å². The molecule has 3 N–H and O–H groups in total. The predicted octanol–water partition coefficient (Wildman–Crippen LogP) is 2.13. The second kappa shape index (κ2) is 8.49. The number of hydrogen-bond donors (Lipinski definition) is 3. The monoisotopic (exact) mass is 343 g/mol. The lowest BCUT2D eigenvalue weighted by atomic mass is 10.0. The minimum absolute atomic E-state index is 0.0213. The summed E-state index contributed by atoms with van der Waals surface area (Å²) in [6, 6.07) is 11.9. The number of carbonyl (C=O) groups is 3. The number of phenolic OH excluding ortho intramolecular Hbond substituents is 1. The zero-order valence-corrected chi connectivity index (χ0v) is 13.2. The lowest BCUT2D eigenvalue weighted by molar-refractivity contribution is -0.139. The summed E-state index contributed by atoms with van der Waals surface area (Å²) in [6.07, 6.45) is -0.446. The molecule has 0 aliphatic carbocycles. The van der Waals surface area contributed by atoms with E-state index < -0.39 is 18.1 Å². The standard InChI is InChI=1S/C18H17NO6/c20-10-14-8-13(6-7-16(14)21)9-15(17(22)23)19-18(24)25-11-12-4-2-1-3-5-12/h1-8,10,15,21H,9,11H2,(H,19,24)(H,22,23)/t15-/m0/s1. The van der Waals surface area contributed by atoms with Crippen LogP contribution in [0.5, 0.6) is 5.75 Å². The van der Waals surface area contributed by atoms with Crippen LogP contribution in [-0.2, 0) is 22.6 Å². The molecular formula is C18H17NO6. The van der Waals surface area contributed by atoms with Gasteiger partial charge in [-0.05, 0) is 23.3 Å². The lowest BCUT2D eigenvalue weighted by Gasteiger charge is -2.15. The van der Waals surface area contributed by atoms with Crippen LogP contribution >= 0.6 is 0 Å². The summed E-state index contributed by atoms with van der Waals surface area (Å²) in [7, 11) is 0. The molecule has 0 bridgehead atoms. The highest BCUT2D eigenvalue weighted by atomic mass is 16.5. The van der Waals surface area contributed by atoms with Gasteiger partial charge in [0.25, 0.3) is 0 Å². The molecule has 2 rings (SSSR count). The number of ether oxygens (including phenoxy) is 1. The van der Waals surface area contributed by atoms with Crippen molar-refractivity contribution < 1.29 is 29.3 Å². The van der Waals surface area contributed by atoms with Gasteiger partial charge in [-0.3, -0.25) is 4.79 Å². The summed E-state index contributed by atoms with van der Waals surface area (Å²) < 4.78 is 5.00. The number of aromatic hydroxyl groups is 1. The van der Waals surface area contributed by atoms with Gasteiger partial charge < -0.3 is 20.3 Å². The molecule has 1 atom stereocenters. The van der Waals surface area contributed by atoms with Crippen molar-refractivity contribution in [2.24, 2.45) is 0 Å². The Balaban J connectivity index is 1.97. The van der Waals surface area contributed by atoms with E-state index in [0.717, 1.165) is 5.56 Å². The van der Waals surface area contributed by atoms with Crippen molar-refractivity contribution in [2.45, 2.75) is 19.1 Å². The lowest BCUT2D eigenvalue weighted by Crippen LogP contribution is -2.42. The first-order valence-electron chi connectivity index (χ1n) is 7.46. The van der Waals surface area contributed by atoms with Gasteiger partial charge in [0, 0.05) is 6.42 Å². The van der Waals surface area contributed by atoms with E-state index in [1.54, 1.807) is 24.3 Å². The summed E-state index contributed by atoms with van der Waals surface area (Å²) in [5, 5.41) is 21.0. The van der Waals surface area contributed by atoms with E-state index in [2.05, 4.69) is 5.32 Å². The molecule has 0 radical (unpaired) electrons. The molecule has 0 unspecified atom stereocenters. The molecule has 7 heteroatoms. The van der Waals surface area contributed by atoms with Crippen LogP contribution in [0.15, 0.2) is 48.5 Å². The van der Waals surface area contributed by atoms with Gasteiger partial charge in [0.15, 0.2) is 6.29 Å². The van der Waals surface area contributed by atoms with Crippen LogP contribution in [-0.4, -0.2) is 34.6 Å². The van der Waals surface area contributed by atoms with Crippen LogP contribution in [0.25, 0.3) is 0 Å². The highest BCUT2D eigenvalue weighted by Crippen LogP contribution is 2.17. The molecule has 130 valence electrons. The summed E-state index contributed by atoms with van der Waals surface area (Å²) in [5.74, 6) is -1.43. The average Bonchev–Trinajstić information content (AvgIpc) is 2.61. The second-order valence-electron chi connectivity index (χ2n) is 5.31. The molecule has 2 aromatic rings. The third-order valence-electron chi connectivity index (χ3n) is 3.46. The van der Waals surface area contributed by atoms with Gasteiger partial charge in [-0.1, -0.05) is 36.4 Å². The molecule has 0 spiro atoms. The van der Waals surface area contributed by atoms with Crippen LogP contribution in [0, 0.1) is 0 Å². The number of rotatable bonds is 7. The normalized spacial score (nSPS) is 11.4. The number of carboxylic acid groups (broad SMARTS) is 1. The second-order valence-corrected chi connectivity index (χ2v) is 5.31. The number of carbonyl (C=O) groups excluding carboxylic acids is 2. The Bertz CT molecular complexity index is 759. The quantitative estimate of drug-likeness (QED) is 0.664. The number of benzene rings is 2. The van der Waals surface area contributed by atoms with E-state index in [4.69, 9.17) is 4.74 Å². The molecule has 0 aliphatic heterocycles. The topological polar surface area (TPSA) is 113 Å². The first-order chi connectivity index (χ1) is 12.0. The summed E-state index contributed by atoms with van der Waals surface area (Å²) in [6.45, 7) is 0.0213. The molecule has 0 aromatic heterocycles. The molecule has 25 heavy (non-hydrogen) atoms. The molecule has 0 saturated carbocycles. The van der Waals surface area contributed by atoms with E-state index in [1.165, 1.54) is 18.2 Å². The maximum absolute atomic E-state index is 11.8. The van der Waals surface area contributed by atoms with Gasteiger partial charge in [-0.15, -0.1) is 0 Å². The van der Waals surface area contributed by atoms with Crippen molar-refractivity contribution in [1.29, 1.82) is 0 Å². The molecular weight excluding hydrogens is 326 g/mol. The Labute approximate surface area is 143 Å². The summed E-state index contributed by atoms with van der Waals surface area (Å²) >= 11 is 0. The van der Waals surface area contributed by atoms with Crippen molar-refractivity contribution in [2.75, 3.05) is 0 Å². The molecule has 0 heterocycles. The number of carboxylic acids is 1. The fourth-order valence-corrected chi connectivity index (χ4v) is 2.17. The van der Waals surface area contributed by atoms with E-state index in [9.17, 15) is 24.6 Å². The van der Waals surface area contributed by atoms with E-state index in [1.807, 2.05) is 6.07 Å². The van der Waals surface area contributed by atoms with Crippen molar-refractivity contribution >= 4 is 18.3 Å². The van der Waals surface area contributed by atoms with Crippen molar-refractivity contribution in [3.05, 3.63) is 65.2 Å². The van der Waals surface area contributed by atoms with Crippen molar-refractivity contribution in [3.8, 4) is 5.75 Å². The zero-order chi connectivity index (χ0) is 18.2. The zero-order valence-electron chi connectivity index (χ0n) is 13.2. The van der Waals surface area contributed by atoms with Gasteiger partial charge in [-0.25, -0.2) is 9.59 Å². The Morgan fingerprint density at radius 1 is 1.12 bits per heavy atom. The Morgan fingerprint density at radius 3 is 2.48 bits per heavy atom. The molecule has 0 saturated heterocycles. The number of alkyl carbamates (subject to hydrolysis) is 1. The summed E-state index contributed by atoms with van der Waals surface area (Å²) in [4.78, 5) is 34.0. The number of hydrogen-bond acceptors (Lipinski definition) is 5. The van der Waals surface area contributed by atoms with E-state index >= 15 is 0 Å². The molecule has 7 nitrogen and oxygen atoms in total. The maximum Gasteiger partial charge on any atom is 0.408 e. The summed E-state index contributed by atoms with van der Waals surface area (Å²) in [5.41, 5.74) is 1.31. The average molecular weight is 343 g/mol. The van der Waals surface area contributed by atoms with Crippen LogP contribution in [0.3, 0.4) is 0 Å². The number of nitrogens with one attached hydrogen (secondary N) is 1. The Morgan fingerprint density at radius 2 is 1.84 bits per heavy atom. The Kier molecular flexibility index (Phi) is 6.11. The fourth-order valence-electron chi connectivity index (χ4n) is 2.17. The van der Waals surface area contributed by atoms with Gasteiger partial charge in [0.1, 0.15) is 18.4 Å². The third-order valence-corrected chi connectivity index (χ3v) is 3.46. The molecule has 1 amide bonds. The molecule has 0 aliphatic rings. The van der Waals surface area contributed by atoms with Gasteiger partial charge >= 0.3 is 12.1 Å². The van der Waals surface area contributed by atoms with Crippen LogP contribution in [0.1, 0.15) is 21.5 Å². The highest BCUT2D eigenvalue weighted by Gasteiger charge is 2.21. The van der Waals surface area contributed by atoms with Crippen molar-refractivity contribution in [3.63, 3.8) is 0 Å². The first kappa shape index (κ1) is 18.0. The molecule has 0 fully saturated rings. The first-order valence-corrected chi connectivity index (χ1v) is 7.46. The fraction of sp³-hybridized carbons (Fsp3) is 0.167. The van der Waals surface area contributed by atoms with Gasteiger partial charge in [0.2, 0.25) is 0 Å². The molecule has 2 aromatic carbocycles. The minimum atomic E-state index is -1.24. The SMILES string of the molecule is O=Cc1cc(C[C@H](NC(=O)OCc2ccccc2)C(=O)O)ccc1O. The predicted molar refractivity (Wildman–Crippen MR) is 88.4 cm³/mol. The minimum Gasteiger partial charge on any atom is -0.507 e. The third kappa shape index (κ3) is 5.35.